The Kier molecular flexibility index (Phi) is 3.92. The molecular formula is C14H16FNO4. The van der Waals surface area contributed by atoms with Crippen LogP contribution >= 0.6 is 0 Å². The van der Waals surface area contributed by atoms with Crippen LogP contribution in [0.2, 0.25) is 0 Å². The van der Waals surface area contributed by atoms with Gasteiger partial charge in [0.25, 0.3) is 5.91 Å². The van der Waals surface area contributed by atoms with E-state index in [0.29, 0.717) is 13.0 Å². The van der Waals surface area contributed by atoms with Gasteiger partial charge in [0.15, 0.2) is 0 Å². The van der Waals surface area contributed by atoms with Gasteiger partial charge in [0.2, 0.25) is 0 Å². The average molecular weight is 281 g/mol. The summed E-state index contributed by atoms with van der Waals surface area (Å²) < 4.78 is 18.4. The minimum absolute atomic E-state index is 0.116. The van der Waals surface area contributed by atoms with Crippen LogP contribution in [0.15, 0.2) is 18.2 Å². The fraction of sp³-hybridized carbons (Fsp3) is 0.429. The number of carboxylic acids is 1. The van der Waals surface area contributed by atoms with Gasteiger partial charge in [-0.1, -0.05) is 0 Å². The van der Waals surface area contributed by atoms with E-state index >= 15 is 0 Å². The van der Waals surface area contributed by atoms with Gasteiger partial charge in [-0.3, -0.25) is 9.59 Å². The second-order valence-corrected chi connectivity index (χ2v) is 4.82. The van der Waals surface area contributed by atoms with Crippen molar-refractivity contribution in [3.63, 3.8) is 0 Å². The minimum atomic E-state index is -0.918. The molecule has 0 spiro atoms. The maximum Gasteiger partial charge on any atom is 0.308 e. The van der Waals surface area contributed by atoms with Crippen LogP contribution in [0.3, 0.4) is 0 Å². The fourth-order valence-corrected chi connectivity index (χ4v) is 2.56. The monoisotopic (exact) mass is 281 g/mol. The molecule has 1 fully saturated rings. The smallest absolute Gasteiger partial charge is 0.308 e. The highest BCUT2D eigenvalue weighted by Gasteiger charge is 2.39. The Labute approximate surface area is 116 Å². The third-order valence-electron chi connectivity index (χ3n) is 3.72. The molecule has 1 heterocycles. The van der Waals surface area contributed by atoms with E-state index in [1.165, 1.54) is 24.1 Å². The Morgan fingerprint density at radius 3 is 2.70 bits per heavy atom. The second kappa shape index (κ2) is 5.48. The van der Waals surface area contributed by atoms with Gasteiger partial charge in [-0.05, 0) is 31.5 Å². The third kappa shape index (κ3) is 2.45. The summed E-state index contributed by atoms with van der Waals surface area (Å²) in [6.07, 6.45) is 0.403. The van der Waals surface area contributed by atoms with E-state index < -0.39 is 29.7 Å². The summed E-state index contributed by atoms with van der Waals surface area (Å²) in [5.74, 6) is -2.16. The predicted molar refractivity (Wildman–Crippen MR) is 69.2 cm³/mol. The molecule has 1 aromatic rings. The largest absolute Gasteiger partial charge is 0.496 e. The molecule has 1 amide bonds. The maximum atomic E-state index is 13.3. The molecule has 0 radical (unpaired) electrons. The first-order chi connectivity index (χ1) is 9.45. The number of hydrogen-bond donors (Lipinski definition) is 1. The van der Waals surface area contributed by atoms with Gasteiger partial charge in [0.05, 0.1) is 18.6 Å². The summed E-state index contributed by atoms with van der Waals surface area (Å²) in [6.45, 7) is 2.03. The van der Waals surface area contributed by atoms with Crippen molar-refractivity contribution >= 4 is 11.9 Å². The Morgan fingerprint density at radius 1 is 1.45 bits per heavy atom. The normalized spacial score (nSPS) is 21.9. The van der Waals surface area contributed by atoms with E-state index in [9.17, 15) is 14.0 Å². The van der Waals surface area contributed by atoms with Crippen LogP contribution in [0.25, 0.3) is 0 Å². The Morgan fingerprint density at radius 2 is 2.15 bits per heavy atom. The number of methoxy groups -OCH3 is 1. The predicted octanol–water partition coefficient (Wildman–Crippen LogP) is 1.77. The molecule has 1 aliphatic rings. The lowest BCUT2D eigenvalue weighted by Crippen LogP contribution is -2.37. The molecule has 0 bridgehead atoms. The number of benzene rings is 1. The fourth-order valence-electron chi connectivity index (χ4n) is 2.56. The molecule has 1 aromatic carbocycles. The lowest BCUT2D eigenvalue weighted by molar-refractivity contribution is -0.142. The Balaban J connectivity index is 2.29. The van der Waals surface area contributed by atoms with Gasteiger partial charge in [-0.2, -0.15) is 0 Å². The molecule has 6 heteroatoms. The van der Waals surface area contributed by atoms with Gasteiger partial charge < -0.3 is 14.7 Å². The molecule has 108 valence electrons. The number of amides is 1. The van der Waals surface area contributed by atoms with E-state index in [0.717, 1.165) is 6.07 Å². The number of ether oxygens (including phenoxy) is 1. The number of aliphatic carboxylic acids is 1. The number of carbonyl (C=O) groups excluding carboxylic acids is 1. The summed E-state index contributed by atoms with van der Waals surface area (Å²) in [5.41, 5.74) is 0.116. The quantitative estimate of drug-likeness (QED) is 0.917. The molecule has 2 rings (SSSR count). The third-order valence-corrected chi connectivity index (χ3v) is 3.72. The average Bonchev–Trinajstić information content (AvgIpc) is 2.79. The Hall–Kier alpha value is -2.11. The van der Waals surface area contributed by atoms with Crippen LogP contribution in [0.5, 0.6) is 5.75 Å². The van der Waals surface area contributed by atoms with Crippen LogP contribution in [-0.4, -0.2) is 41.6 Å². The van der Waals surface area contributed by atoms with Crippen molar-refractivity contribution in [2.24, 2.45) is 5.92 Å². The molecule has 0 aromatic heterocycles. The van der Waals surface area contributed by atoms with Crippen LogP contribution in [0.4, 0.5) is 4.39 Å². The van der Waals surface area contributed by atoms with Crippen LogP contribution in [0.1, 0.15) is 23.7 Å². The van der Waals surface area contributed by atoms with Crippen molar-refractivity contribution in [3.05, 3.63) is 29.6 Å². The first-order valence-electron chi connectivity index (χ1n) is 6.33. The maximum absolute atomic E-state index is 13.3. The molecule has 2 atom stereocenters. The van der Waals surface area contributed by atoms with Crippen molar-refractivity contribution in [1.82, 2.24) is 4.90 Å². The molecular weight excluding hydrogens is 265 g/mol. The summed E-state index contributed by atoms with van der Waals surface area (Å²) >= 11 is 0. The van der Waals surface area contributed by atoms with Crippen molar-refractivity contribution in [2.45, 2.75) is 19.4 Å². The first-order valence-corrected chi connectivity index (χ1v) is 6.33. The molecule has 0 aliphatic carbocycles. The van der Waals surface area contributed by atoms with E-state index in [1.807, 2.05) is 0 Å². The summed E-state index contributed by atoms with van der Waals surface area (Å²) in [5, 5.41) is 9.08. The van der Waals surface area contributed by atoms with Gasteiger partial charge in [-0.15, -0.1) is 0 Å². The highest BCUT2D eigenvalue weighted by atomic mass is 19.1. The van der Waals surface area contributed by atoms with E-state index in [4.69, 9.17) is 9.84 Å². The van der Waals surface area contributed by atoms with Crippen molar-refractivity contribution in [1.29, 1.82) is 0 Å². The van der Waals surface area contributed by atoms with Gasteiger partial charge in [0, 0.05) is 12.6 Å². The molecule has 2 unspecified atom stereocenters. The lowest BCUT2D eigenvalue weighted by atomic mass is 10.0. The number of likely N-dealkylation sites (tertiary alicyclic amines) is 1. The summed E-state index contributed by atoms with van der Waals surface area (Å²) in [7, 11) is 1.40. The molecule has 20 heavy (non-hydrogen) atoms. The summed E-state index contributed by atoms with van der Waals surface area (Å²) in [6, 6.07) is 3.29. The zero-order chi connectivity index (χ0) is 14.9. The molecule has 1 aliphatic heterocycles. The molecule has 5 nitrogen and oxygen atoms in total. The number of rotatable bonds is 3. The highest BCUT2D eigenvalue weighted by Crippen LogP contribution is 2.29. The van der Waals surface area contributed by atoms with Crippen LogP contribution in [-0.2, 0) is 4.79 Å². The number of hydrogen-bond acceptors (Lipinski definition) is 3. The minimum Gasteiger partial charge on any atom is -0.496 e. The number of nitrogens with zero attached hydrogens (tertiary/aromatic N) is 1. The number of carboxylic acid groups (broad SMARTS) is 1. The standard InChI is InChI=1S/C14H16FNO4/c1-8-10(14(18)19)5-6-16(8)13(17)11-7-9(15)3-4-12(11)20-2/h3-4,7-8,10H,5-6H2,1-2H3,(H,18,19). The highest BCUT2D eigenvalue weighted by molar-refractivity contribution is 5.97. The van der Waals surface area contributed by atoms with Gasteiger partial charge in [0.1, 0.15) is 11.6 Å². The van der Waals surface area contributed by atoms with E-state index in [1.54, 1.807) is 6.92 Å². The molecule has 1 N–H and O–H groups in total. The second-order valence-electron chi connectivity index (χ2n) is 4.82. The van der Waals surface area contributed by atoms with Gasteiger partial charge in [-0.25, -0.2) is 4.39 Å². The lowest BCUT2D eigenvalue weighted by Gasteiger charge is -2.24. The van der Waals surface area contributed by atoms with Crippen LogP contribution in [0, 0.1) is 11.7 Å². The Bertz CT molecular complexity index is 546. The van der Waals surface area contributed by atoms with Gasteiger partial charge >= 0.3 is 5.97 Å². The zero-order valence-corrected chi connectivity index (χ0v) is 11.3. The number of carbonyl (C=O) groups is 2. The SMILES string of the molecule is COc1ccc(F)cc1C(=O)N1CCC(C(=O)O)C1C. The van der Waals surface area contributed by atoms with Crippen molar-refractivity contribution in [3.8, 4) is 5.75 Å². The van der Waals surface area contributed by atoms with E-state index in [2.05, 4.69) is 0 Å². The van der Waals surface area contributed by atoms with Crippen molar-refractivity contribution < 1.29 is 23.8 Å². The first kappa shape index (κ1) is 14.3. The van der Waals surface area contributed by atoms with Crippen LogP contribution < -0.4 is 4.74 Å². The number of halogens is 1. The topological polar surface area (TPSA) is 66.8 Å². The molecule has 0 saturated carbocycles. The van der Waals surface area contributed by atoms with Crippen molar-refractivity contribution in [2.75, 3.05) is 13.7 Å². The summed E-state index contributed by atoms with van der Waals surface area (Å²) in [4.78, 5) is 25.0. The zero-order valence-electron chi connectivity index (χ0n) is 11.3. The molecule has 1 saturated heterocycles. The van der Waals surface area contributed by atoms with E-state index in [-0.39, 0.29) is 11.3 Å².